The predicted molar refractivity (Wildman–Crippen MR) is 74.0 cm³/mol. The van der Waals surface area contributed by atoms with E-state index in [-0.39, 0.29) is 5.92 Å². The van der Waals surface area contributed by atoms with E-state index in [1.54, 1.807) is 6.92 Å². The number of aliphatic carboxylic acids is 1. The molecule has 1 aromatic rings. The quantitative estimate of drug-likeness (QED) is 0.863. The number of hydrogen-bond donors (Lipinski definition) is 1. The number of likely N-dealkylation sites (N-methyl/N-ethyl adjacent to an activating group) is 1. The minimum absolute atomic E-state index is 0.299. The third-order valence-electron chi connectivity index (χ3n) is 3.18. The van der Waals surface area contributed by atoms with E-state index < -0.39 is 5.97 Å². The topological polar surface area (TPSA) is 40.5 Å². The van der Waals surface area contributed by atoms with Gasteiger partial charge in [-0.25, -0.2) is 0 Å². The normalized spacial score (nSPS) is 14.5. The van der Waals surface area contributed by atoms with E-state index >= 15 is 0 Å². The van der Waals surface area contributed by atoms with Gasteiger partial charge in [0.2, 0.25) is 0 Å². The molecule has 100 valence electrons. The van der Waals surface area contributed by atoms with Crippen LogP contribution in [0.2, 0.25) is 5.02 Å². The lowest BCUT2D eigenvalue weighted by Crippen LogP contribution is -2.36. The Bertz CT molecular complexity index is 391. The van der Waals surface area contributed by atoms with E-state index in [2.05, 4.69) is 11.8 Å². The Morgan fingerprint density at radius 2 is 1.89 bits per heavy atom. The number of hydrogen-bond acceptors (Lipinski definition) is 2. The van der Waals surface area contributed by atoms with E-state index in [1.807, 2.05) is 31.3 Å². The average Bonchev–Trinajstić information content (AvgIpc) is 2.31. The van der Waals surface area contributed by atoms with E-state index in [0.29, 0.717) is 12.6 Å². The van der Waals surface area contributed by atoms with E-state index in [4.69, 9.17) is 16.7 Å². The molecule has 2 unspecified atom stereocenters. The van der Waals surface area contributed by atoms with Crippen LogP contribution in [0.3, 0.4) is 0 Å². The largest absolute Gasteiger partial charge is 0.481 e. The SMILES string of the molecule is CC(CN(C)C(C)Cc1ccc(Cl)cc1)C(=O)O. The summed E-state index contributed by atoms with van der Waals surface area (Å²) in [5, 5.41) is 9.63. The molecule has 0 spiro atoms. The van der Waals surface area contributed by atoms with Gasteiger partial charge in [-0.3, -0.25) is 4.79 Å². The highest BCUT2D eigenvalue weighted by Crippen LogP contribution is 2.13. The van der Waals surface area contributed by atoms with E-state index in [0.717, 1.165) is 11.4 Å². The Morgan fingerprint density at radius 1 is 1.33 bits per heavy atom. The van der Waals surface area contributed by atoms with Crippen molar-refractivity contribution in [3.05, 3.63) is 34.9 Å². The molecule has 0 aliphatic heterocycles. The van der Waals surface area contributed by atoms with Gasteiger partial charge in [0.05, 0.1) is 5.92 Å². The van der Waals surface area contributed by atoms with Crippen LogP contribution in [0.5, 0.6) is 0 Å². The second-order valence-corrected chi connectivity index (χ2v) is 5.29. The number of carboxylic acids is 1. The Kier molecular flexibility index (Phi) is 5.63. The summed E-state index contributed by atoms with van der Waals surface area (Å²) < 4.78 is 0. The van der Waals surface area contributed by atoms with Gasteiger partial charge in [0.1, 0.15) is 0 Å². The van der Waals surface area contributed by atoms with Gasteiger partial charge in [-0.1, -0.05) is 30.7 Å². The fourth-order valence-corrected chi connectivity index (χ4v) is 1.93. The van der Waals surface area contributed by atoms with Gasteiger partial charge in [0, 0.05) is 17.6 Å². The van der Waals surface area contributed by atoms with Crippen LogP contribution < -0.4 is 0 Å². The van der Waals surface area contributed by atoms with Crippen LogP contribution in [0.15, 0.2) is 24.3 Å². The van der Waals surface area contributed by atoms with Crippen LogP contribution in [0.25, 0.3) is 0 Å². The molecule has 0 saturated heterocycles. The minimum atomic E-state index is -0.749. The summed E-state index contributed by atoms with van der Waals surface area (Å²) in [6, 6.07) is 8.07. The van der Waals surface area contributed by atoms with Gasteiger partial charge in [-0.05, 0) is 38.1 Å². The summed E-state index contributed by atoms with van der Waals surface area (Å²) in [4.78, 5) is 12.9. The summed E-state index contributed by atoms with van der Waals surface area (Å²) in [6.07, 6.45) is 0.889. The third-order valence-corrected chi connectivity index (χ3v) is 3.43. The zero-order chi connectivity index (χ0) is 13.7. The molecule has 18 heavy (non-hydrogen) atoms. The molecule has 1 N–H and O–H groups in total. The van der Waals surface area contributed by atoms with Crippen molar-refractivity contribution in [3.8, 4) is 0 Å². The van der Waals surface area contributed by atoms with Crippen molar-refractivity contribution in [3.63, 3.8) is 0 Å². The molecule has 1 rings (SSSR count). The fraction of sp³-hybridized carbons (Fsp3) is 0.500. The molecule has 0 aromatic heterocycles. The van der Waals surface area contributed by atoms with Gasteiger partial charge in [-0.2, -0.15) is 0 Å². The van der Waals surface area contributed by atoms with E-state index in [1.165, 1.54) is 5.56 Å². The van der Waals surface area contributed by atoms with Crippen LogP contribution in [-0.2, 0) is 11.2 Å². The summed E-state index contributed by atoms with van der Waals surface area (Å²) in [5.41, 5.74) is 1.21. The zero-order valence-electron chi connectivity index (χ0n) is 11.1. The monoisotopic (exact) mass is 269 g/mol. The number of halogens is 1. The lowest BCUT2D eigenvalue weighted by atomic mass is 10.0. The standard InChI is InChI=1S/C14H20ClNO2/c1-10(14(17)18)9-16(3)11(2)8-12-4-6-13(15)7-5-12/h4-7,10-11H,8-9H2,1-3H3,(H,17,18). The highest BCUT2D eigenvalue weighted by molar-refractivity contribution is 6.30. The molecule has 0 aliphatic rings. The first-order chi connectivity index (χ1) is 8.40. The van der Waals surface area contributed by atoms with Crippen LogP contribution in [0.1, 0.15) is 19.4 Å². The van der Waals surface area contributed by atoms with Gasteiger partial charge < -0.3 is 10.0 Å². The number of benzene rings is 1. The molecule has 0 heterocycles. The van der Waals surface area contributed by atoms with Crippen LogP contribution >= 0.6 is 11.6 Å². The smallest absolute Gasteiger partial charge is 0.307 e. The highest BCUT2D eigenvalue weighted by Gasteiger charge is 2.17. The zero-order valence-corrected chi connectivity index (χ0v) is 11.8. The maximum absolute atomic E-state index is 10.8. The van der Waals surface area contributed by atoms with Gasteiger partial charge in [-0.15, -0.1) is 0 Å². The van der Waals surface area contributed by atoms with Crippen molar-refractivity contribution in [2.45, 2.75) is 26.3 Å². The Labute approximate surface area is 113 Å². The molecule has 4 heteroatoms. The molecule has 0 bridgehead atoms. The first kappa shape index (κ1) is 15.0. The summed E-state index contributed by atoms with van der Waals surface area (Å²) >= 11 is 5.84. The third kappa shape index (κ3) is 4.67. The van der Waals surface area contributed by atoms with Crippen LogP contribution in [0, 0.1) is 5.92 Å². The van der Waals surface area contributed by atoms with Crippen LogP contribution in [0.4, 0.5) is 0 Å². The average molecular weight is 270 g/mol. The molecule has 2 atom stereocenters. The van der Waals surface area contributed by atoms with Gasteiger partial charge in [0.25, 0.3) is 0 Å². The van der Waals surface area contributed by atoms with Crippen molar-refractivity contribution in [1.82, 2.24) is 4.90 Å². The van der Waals surface area contributed by atoms with Crippen molar-refractivity contribution in [2.75, 3.05) is 13.6 Å². The first-order valence-electron chi connectivity index (χ1n) is 6.07. The summed E-state index contributed by atoms with van der Waals surface area (Å²) in [6.45, 7) is 4.39. The van der Waals surface area contributed by atoms with Crippen molar-refractivity contribution < 1.29 is 9.90 Å². The lowest BCUT2D eigenvalue weighted by molar-refractivity contribution is -0.141. The molecule has 0 amide bonds. The summed E-state index contributed by atoms with van der Waals surface area (Å²) in [7, 11) is 1.96. The molecule has 0 radical (unpaired) electrons. The molecule has 0 aliphatic carbocycles. The lowest BCUT2D eigenvalue weighted by Gasteiger charge is -2.26. The summed E-state index contributed by atoms with van der Waals surface area (Å²) in [5.74, 6) is -1.09. The molecule has 1 aromatic carbocycles. The predicted octanol–water partition coefficient (Wildman–Crippen LogP) is 2.92. The van der Waals surface area contributed by atoms with E-state index in [9.17, 15) is 4.79 Å². The first-order valence-corrected chi connectivity index (χ1v) is 6.45. The molecule has 0 fully saturated rings. The van der Waals surface area contributed by atoms with Crippen molar-refractivity contribution in [2.24, 2.45) is 5.92 Å². The maximum Gasteiger partial charge on any atom is 0.307 e. The number of carboxylic acid groups (broad SMARTS) is 1. The van der Waals surface area contributed by atoms with Gasteiger partial charge in [0.15, 0.2) is 0 Å². The Hall–Kier alpha value is -1.06. The molecule has 3 nitrogen and oxygen atoms in total. The maximum atomic E-state index is 10.8. The van der Waals surface area contributed by atoms with Gasteiger partial charge >= 0.3 is 5.97 Å². The fourth-order valence-electron chi connectivity index (χ4n) is 1.81. The number of carbonyl (C=O) groups is 1. The second kappa shape index (κ2) is 6.76. The number of nitrogens with zero attached hydrogens (tertiary/aromatic N) is 1. The van der Waals surface area contributed by atoms with Crippen LogP contribution in [-0.4, -0.2) is 35.6 Å². The number of rotatable bonds is 6. The second-order valence-electron chi connectivity index (χ2n) is 4.86. The van der Waals surface area contributed by atoms with Crippen molar-refractivity contribution in [1.29, 1.82) is 0 Å². The minimum Gasteiger partial charge on any atom is -0.481 e. The molecular weight excluding hydrogens is 250 g/mol. The Morgan fingerprint density at radius 3 is 2.39 bits per heavy atom. The highest BCUT2D eigenvalue weighted by atomic mass is 35.5. The Balaban J connectivity index is 2.51. The molecular formula is C14H20ClNO2. The molecule has 0 saturated carbocycles. The van der Waals surface area contributed by atoms with Crippen molar-refractivity contribution >= 4 is 17.6 Å².